The summed E-state index contributed by atoms with van der Waals surface area (Å²) in [5.41, 5.74) is 0.924. The maximum Gasteiger partial charge on any atom is 0.118 e. The van der Waals surface area contributed by atoms with Gasteiger partial charge in [-0.05, 0) is 30.7 Å². The molecule has 2 aromatic rings. The molecule has 0 unspecified atom stereocenters. The maximum atomic E-state index is 8.92. The molecule has 0 heterocycles. The molecular formula is C13H12Cl2O. The van der Waals surface area contributed by atoms with Crippen LogP contribution >= 0.6 is 23.2 Å². The van der Waals surface area contributed by atoms with E-state index in [9.17, 15) is 0 Å². The highest BCUT2D eigenvalue weighted by molar-refractivity contribution is 6.41. The number of para-hydroxylation sites is 1. The highest BCUT2D eigenvalue weighted by Crippen LogP contribution is 2.19. The molecule has 3 heteroatoms. The van der Waals surface area contributed by atoms with E-state index in [4.69, 9.17) is 28.3 Å². The van der Waals surface area contributed by atoms with Crippen LogP contribution in [0.15, 0.2) is 48.5 Å². The lowest BCUT2D eigenvalue weighted by atomic mass is 10.2. The molecule has 84 valence electrons. The van der Waals surface area contributed by atoms with E-state index < -0.39 is 0 Å². The lowest BCUT2D eigenvalue weighted by molar-refractivity contribution is 0.471. The maximum absolute atomic E-state index is 8.92. The van der Waals surface area contributed by atoms with Crippen molar-refractivity contribution in [1.82, 2.24) is 0 Å². The minimum Gasteiger partial charge on any atom is -0.508 e. The highest BCUT2D eigenvalue weighted by Gasteiger charge is 1.89. The Morgan fingerprint density at radius 2 is 1.25 bits per heavy atom. The predicted octanol–water partition coefficient (Wildman–Crippen LogP) is 4.69. The van der Waals surface area contributed by atoms with Crippen LogP contribution in [0, 0.1) is 6.92 Å². The van der Waals surface area contributed by atoms with Crippen molar-refractivity contribution in [3.05, 3.63) is 64.1 Å². The first kappa shape index (κ1) is 12.9. The molecule has 0 atom stereocenters. The lowest BCUT2D eigenvalue weighted by Crippen LogP contribution is -1.68. The van der Waals surface area contributed by atoms with Crippen LogP contribution in [0.1, 0.15) is 5.56 Å². The van der Waals surface area contributed by atoms with Gasteiger partial charge in [-0.2, -0.15) is 0 Å². The van der Waals surface area contributed by atoms with Crippen LogP contribution in [0.3, 0.4) is 0 Å². The molecule has 0 saturated heterocycles. The van der Waals surface area contributed by atoms with Crippen LogP contribution in [0.25, 0.3) is 0 Å². The van der Waals surface area contributed by atoms with Crippen LogP contribution in [0.2, 0.25) is 10.0 Å². The van der Waals surface area contributed by atoms with E-state index in [0.717, 1.165) is 5.56 Å². The molecule has 16 heavy (non-hydrogen) atoms. The number of benzene rings is 2. The van der Waals surface area contributed by atoms with Crippen molar-refractivity contribution in [2.24, 2.45) is 0 Å². The minimum atomic E-state index is 0.368. The second-order valence-corrected chi connectivity index (χ2v) is 4.01. The minimum absolute atomic E-state index is 0.368. The predicted molar refractivity (Wildman–Crippen MR) is 69.3 cm³/mol. The summed E-state index contributed by atoms with van der Waals surface area (Å²) in [6.07, 6.45) is 0. The van der Waals surface area contributed by atoms with Gasteiger partial charge in [-0.25, -0.2) is 0 Å². The third-order valence-corrected chi connectivity index (χ3v) is 2.70. The number of hydrogen-bond donors (Lipinski definition) is 1. The third kappa shape index (κ3) is 4.13. The van der Waals surface area contributed by atoms with Crippen molar-refractivity contribution >= 4 is 23.2 Å². The zero-order chi connectivity index (χ0) is 12.0. The Balaban J connectivity index is 0.000000160. The largest absolute Gasteiger partial charge is 0.508 e. The molecular weight excluding hydrogens is 243 g/mol. The fourth-order valence-electron chi connectivity index (χ4n) is 1.00. The van der Waals surface area contributed by atoms with Crippen molar-refractivity contribution in [2.75, 3.05) is 0 Å². The number of rotatable bonds is 0. The van der Waals surface area contributed by atoms with E-state index in [-0.39, 0.29) is 0 Å². The molecule has 1 N–H and O–H groups in total. The standard InChI is InChI=1S/C7H8O.C6H4Cl2/c1-6-4-2-3-5-7(6)8;7-5-3-1-2-4-6(5)8/h2-5,8H,1H3;1-4H. The van der Waals surface area contributed by atoms with Crippen molar-refractivity contribution in [2.45, 2.75) is 6.92 Å². The molecule has 0 fully saturated rings. The van der Waals surface area contributed by atoms with E-state index in [1.54, 1.807) is 18.2 Å². The second kappa shape index (κ2) is 6.41. The molecule has 0 aliphatic carbocycles. The summed E-state index contributed by atoms with van der Waals surface area (Å²) in [4.78, 5) is 0. The number of aromatic hydroxyl groups is 1. The van der Waals surface area contributed by atoms with Gasteiger partial charge in [0.1, 0.15) is 5.75 Å². The van der Waals surface area contributed by atoms with E-state index in [1.807, 2.05) is 37.3 Å². The van der Waals surface area contributed by atoms with Gasteiger partial charge in [0.2, 0.25) is 0 Å². The summed E-state index contributed by atoms with van der Waals surface area (Å²) in [5.74, 6) is 0.368. The quantitative estimate of drug-likeness (QED) is 0.723. The molecule has 1 nitrogen and oxygen atoms in total. The molecule has 0 radical (unpaired) electrons. The SMILES string of the molecule is Cc1ccccc1O.Clc1ccccc1Cl. The van der Waals surface area contributed by atoms with Crippen molar-refractivity contribution in [3.63, 3.8) is 0 Å². The number of phenols is 1. The Hall–Kier alpha value is -1.18. The van der Waals surface area contributed by atoms with Crippen molar-refractivity contribution in [1.29, 1.82) is 0 Å². The Labute approximate surface area is 105 Å². The number of phenolic OH excluding ortho intramolecular Hbond substituents is 1. The number of aryl methyl sites for hydroxylation is 1. The molecule has 0 amide bonds. The van der Waals surface area contributed by atoms with Gasteiger partial charge in [-0.3, -0.25) is 0 Å². The number of hydrogen-bond acceptors (Lipinski definition) is 1. The Morgan fingerprint density at radius 3 is 1.56 bits per heavy atom. The molecule has 0 aliphatic rings. The summed E-state index contributed by atoms with van der Waals surface area (Å²) in [6.45, 7) is 1.87. The summed E-state index contributed by atoms with van der Waals surface area (Å²) in [6, 6.07) is 14.4. The summed E-state index contributed by atoms with van der Waals surface area (Å²) < 4.78 is 0. The first-order chi connectivity index (χ1) is 7.61. The van der Waals surface area contributed by atoms with Crippen LogP contribution < -0.4 is 0 Å². The second-order valence-electron chi connectivity index (χ2n) is 3.20. The van der Waals surface area contributed by atoms with Crippen LogP contribution in [-0.2, 0) is 0 Å². The van der Waals surface area contributed by atoms with Gasteiger partial charge in [-0.1, -0.05) is 53.5 Å². The topological polar surface area (TPSA) is 20.2 Å². The molecule has 2 rings (SSSR count). The van der Waals surface area contributed by atoms with Gasteiger partial charge < -0.3 is 5.11 Å². The van der Waals surface area contributed by atoms with Crippen molar-refractivity contribution < 1.29 is 5.11 Å². The van der Waals surface area contributed by atoms with Gasteiger partial charge >= 0.3 is 0 Å². The first-order valence-electron chi connectivity index (χ1n) is 4.76. The average Bonchev–Trinajstić information content (AvgIpc) is 2.28. The molecule has 0 aromatic heterocycles. The van der Waals surface area contributed by atoms with Gasteiger partial charge in [-0.15, -0.1) is 0 Å². The average molecular weight is 255 g/mol. The molecule has 0 saturated carbocycles. The summed E-state index contributed by atoms with van der Waals surface area (Å²) in [5, 5.41) is 10.1. The van der Waals surface area contributed by atoms with E-state index in [2.05, 4.69) is 0 Å². The van der Waals surface area contributed by atoms with Crippen LogP contribution in [0.5, 0.6) is 5.75 Å². The zero-order valence-corrected chi connectivity index (χ0v) is 10.3. The third-order valence-electron chi connectivity index (χ3n) is 1.94. The normalized spacial score (nSPS) is 9.19. The summed E-state index contributed by atoms with van der Waals surface area (Å²) >= 11 is 11.2. The van der Waals surface area contributed by atoms with Gasteiger partial charge in [0.05, 0.1) is 10.0 Å². The van der Waals surface area contributed by atoms with E-state index in [0.29, 0.717) is 15.8 Å². The van der Waals surface area contributed by atoms with E-state index in [1.165, 1.54) is 0 Å². The Kier molecular flexibility index (Phi) is 5.17. The van der Waals surface area contributed by atoms with E-state index >= 15 is 0 Å². The zero-order valence-electron chi connectivity index (χ0n) is 8.82. The fraction of sp³-hybridized carbons (Fsp3) is 0.0769. The first-order valence-corrected chi connectivity index (χ1v) is 5.51. The lowest BCUT2D eigenvalue weighted by Gasteiger charge is -1.92. The van der Waals surface area contributed by atoms with Gasteiger partial charge in [0, 0.05) is 0 Å². The van der Waals surface area contributed by atoms with Crippen molar-refractivity contribution in [3.8, 4) is 5.75 Å². The van der Waals surface area contributed by atoms with Gasteiger partial charge in [0.25, 0.3) is 0 Å². The van der Waals surface area contributed by atoms with Crippen LogP contribution in [-0.4, -0.2) is 5.11 Å². The van der Waals surface area contributed by atoms with Crippen LogP contribution in [0.4, 0.5) is 0 Å². The number of halogens is 2. The monoisotopic (exact) mass is 254 g/mol. The molecule has 0 aliphatic heterocycles. The molecule has 0 spiro atoms. The fourth-order valence-corrected chi connectivity index (χ4v) is 1.27. The Bertz CT molecular complexity index is 370. The molecule has 2 aromatic carbocycles. The Morgan fingerprint density at radius 1 is 0.812 bits per heavy atom. The highest BCUT2D eigenvalue weighted by atomic mass is 35.5. The smallest absolute Gasteiger partial charge is 0.118 e. The summed E-state index contributed by atoms with van der Waals surface area (Å²) in [7, 11) is 0. The molecule has 0 bridgehead atoms. The van der Waals surface area contributed by atoms with Gasteiger partial charge in [0.15, 0.2) is 0 Å².